The Morgan fingerprint density at radius 1 is 1.20 bits per heavy atom. The van der Waals surface area contributed by atoms with Crippen LogP contribution in [0.5, 0.6) is 0 Å². The van der Waals surface area contributed by atoms with Crippen molar-refractivity contribution in [2.24, 2.45) is 0 Å². The number of rotatable bonds is 2. The van der Waals surface area contributed by atoms with E-state index in [-0.39, 0.29) is 20.4 Å². The van der Waals surface area contributed by atoms with Crippen LogP contribution in [0.25, 0.3) is 0 Å². The SMILES string of the molecule is CO.O=[PH]([O-])O[PH](=O)[O-].[Pd+2]. The van der Waals surface area contributed by atoms with Gasteiger partial charge in [-0.05, 0) is 0 Å². The van der Waals surface area contributed by atoms with Crippen molar-refractivity contribution < 1.29 is 48.8 Å². The summed E-state index contributed by atoms with van der Waals surface area (Å²) in [5.74, 6) is 0. The van der Waals surface area contributed by atoms with Crippen molar-refractivity contribution >= 4 is 16.5 Å². The van der Waals surface area contributed by atoms with Gasteiger partial charge in [0.25, 0.3) is 0 Å². The molecule has 0 aliphatic carbocycles. The Labute approximate surface area is 72.8 Å². The van der Waals surface area contributed by atoms with Crippen molar-refractivity contribution in [2.75, 3.05) is 7.11 Å². The average Bonchev–Trinajstić information content (AvgIpc) is 1.68. The van der Waals surface area contributed by atoms with Crippen LogP contribution in [-0.2, 0) is 33.9 Å². The van der Waals surface area contributed by atoms with Crippen LogP contribution in [0, 0.1) is 0 Å². The van der Waals surface area contributed by atoms with Gasteiger partial charge >= 0.3 is 20.4 Å². The summed E-state index contributed by atoms with van der Waals surface area (Å²) in [6.45, 7) is 0. The zero-order chi connectivity index (χ0) is 7.86. The zero-order valence-electron chi connectivity index (χ0n) is 4.80. The van der Waals surface area contributed by atoms with Crippen molar-refractivity contribution in [1.29, 1.82) is 0 Å². The van der Waals surface area contributed by atoms with Crippen LogP contribution in [0.15, 0.2) is 0 Å². The predicted octanol–water partition coefficient (Wildman–Crippen LogP) is -1.89. The van der Waals surface area contributed by atoms with Crippen LogP contribution in [-0.4, -0.2) is 12.2 Å². The minimum absolute atomic E-state index is 0. The molecule has 2 atom stereocenters. The number of aliphatic hydroxyl groups is 1. The van der Waals surface area contributed by atoms with Gasteiger partial charge in [-0.3, -0.25) is 4.31 Å². The molecule has 0 bridgehead atoms. The van der Waals surface area contributed by atoms with Crippen LogP contribution in [0.4, 0.5) is 0 Å². The summed E-state index contributed by atoms with van der Waals surface area (Å²) in [7, 11) is -6.03. The van der Waals surface area contributed by atoms with Crippen LogP contribution < -0.4 is 9.79 Å². The van der Waals surface area contributed by atoms with E-state index in [0.29, 0.717) is 0 Å². The van der Waals surface area contributed by atoms with E-state index < -0.39 is 16.5 Å². The molecule has 0 aliphatic rings. The molecule has 0 saturated carbocycles. The Morgan fingerprint density at radius 2 is 1.40 bits per heavy atom. The van der Waals surface area contributed by atoms with Crippen LogP contribution in [0.3, 0.4) is 0 Å². The normalized spacial score (nSPS) is 13.6. The maximum Gasteiger partial charge on any atom is 2.00 e. The average molecular weight is 282 g/mol. The minimum atomic E-state index is -3.51. The molecule has 0 radical (unpaired) electrons. The van der Waals surface area contributed by atoms with E-state index in [9.17, 15) is 18.9 Å². The number of hydrogen-bond donors (Lipinski definition) is 1. The number of hydrogen-bond acceptors (Lipinski definition) is 6. The molecule has 2 unspecified atom stereocenters. The Bertz CT molecular complexity index is 91.9. The molecule has 0 saturated heterocycles. The van der Waals surface area contributed by atoms with E-state index in [1.54, 1.807) is 0 Å². The molecule has 0 aliphatic heterocycles. The van der Waals surface area contributed by atoms with Crippen molar-refractivity contribution in [3.8, 4) is 0 Å². The fourth-order valence-electron chi connectivity index (χ4n) is 0.0680. The molecular weight excluding hydrogens is 276 g/mol. The topological polar surface area (TPSA) is 110 Å². The van der Waals surface area contributed by atoms with Gasteiger partial charge in [-0.1, -0.05) is 0 Å². The third kappa shape index (κ3) is 23.1. The van der Waals surface area contributed by atoms with E-state index in [1.807, 2.05) is 0 Å². The summed E-state index contributed by atoms with van der Waals surface area (Å²) in [6.07, 6.45) is 0. The largest absolute Gasteiger partial charge is 2.00 e. The minimum Gasteiger partial charge on any atom is -0.781 e. The fraction of sp³-hybridized carbons (Fsp3) is 1.00. The van der Waals surface area contributed by atoms with Crippen LogP contribution in [0.1, 0.15) is 0 Å². The summed E-state index contributed by atoms with van der Waals surface area (Å²) >= 11 is 0. The molecule has 0 aromatic carbocycles. The van der Waals surface area contributed by atoms with E-state index >= 15 is 0 Å². The zero-order valence-corrected chi connectivity index (χ0v) is 8.36. The quantitative estimate of drug-likeness (QED) is 0.468. The Hall–Kier alpha value is 0.962. The summed E-state index contributed by atoms with van der Waals surface area (Å²) in [5.41, 5.74) is 0. The van der Waals surface area contributed by atoms with Gasteiger partial charge < -0.3 is 24.0 Å². The Balaban J connectivity index is -0.000000149. The first kappa shape index (κ1) is 17.2. The maximum absolute atomic E-state index is 9.29. The second-order valence-corrected chi connectivity index (χ2v) is 2.42. The molecule has 9 heteroatoms. The summed E-state index contributed by atoms with van der Waals surface area (Å²) in [5, 5.41) is 7.00. The van der Waals surface area contributed by atoms with E-state index in [4.69, 9.17) is 5.11 Å². The molecule has 10 heavy (non-hydrogen) atoms. The van der Waals surface area contributed by atoms with Gasteiger partial charge in [-0.15, -0.1) is 0 Å². The smallest absolute Gasteiger partial charge is 0.781 e. The first-order valence-corrected chi connectivity index (χ1v) is 4.12. The first-order valence-electron chi connectivity index (χ1n) is 1.67. The van der Waals surface area contributed by atoms with Gasteiger partial charge in [0.2, 0.25) is 0 Å². The predicted molar refractivity (Wildman–Crippen MR) is 27.2 cm³/mol. The molecule has 6 nitrogen and oxygen atoms in total. The molecular formula is CH6O6P2Pd. The standard InChI is InChI=1S/CH4O.H4O5P2.Pd/c1-2;1-6(2)5-7(3)4;/h2H,1H3;6-7H,(H,1,2)(H,3,4);/q;;+2/p-2. The molecule has 0 heterocycles. The van der Waals surface area contributed by atoms with Crippen LogP contribution >= 0.6 is 16.5 Å². The van der Waals surface area contributed by atoms with Crippen molar-refractivity contribution in [2.45, 2.75) is 0 Å². The fourth-order valence-corrected chi connectivity index (χ4v) is 0.612. The van der Waals surface area contributed by atoms with E-state index in [1.165, 1.54) is 0 Å². The third-order valence-corrected chi connectivity index (χ3v) is 1.50. The van der Waals surface area contributed by atoms with E-state index in [0.717, 1.165) is 7.11 Å². The summed E-state index contributed by atoms with van der Waals surface area (Å²) in [4.78, 5) is 18.6. The first-order chi connectivity index (χ1) is 4.13. The monoisotopic (exact) mass is 282 g/mol. The molecule has 0 rings (SSSR count). The molecule has 66 valence electrons. The van der Waals surface area contributed by atoms with E-state index in [2.05, 4.69) is 4.31 Å². The second-order valence-electron chi connectivity index (χ2n) is 0.602. The second kappa shape index (κ2) is 12.6. The third-order valence-electron chi connectivity index (χ3n) is 0.167. The molecule has 0 spiro atoms. The van der Waals surface area contributed by atoms with Crippen LogP contribution in [0.2, 0.25) is 0 Å². The van der Waals surface area contributed by atoms with Gasteiger partial charge in [0, 0.05) is 7.11 Å². The molecule has 0 aromatic rings. The number of aliphatic hydroxyl groups excluding tert-OH is 1. The van der Waals surface area contributed by atoms with Crippen molar-refractivity contribution in [3.63, 3.8) is 0 Å². The summed E-state index contributed by atoms with van der Waals surface area (Å²) < 4.78 is 21.8. The molecule has 0 fully saturated rings. The molecule has 0 aromatic heterocycles. The van der Waals surface area contributed by atoms with Gasteiger partial charge in [0.15, 0.2) is 0 Å². The maximum atomic E-state index is 9.29. The Kier molecular flexibility index (Phi) is 21.7. The molecule has 1 N–H and O–H groups in total. The van der Waals surface area contributed by atoms with Crippen molar-refractivity contribution in [1.82, 2.24) is 0 Å². The van der Waals surface area contributed by atoms with Gasteiger partial charge in [-0.2, -0.15) is 0 Å². The Morgan fingerprint density at radius 3 is 1.40 bits per heavy atom. The van der Waals surface area contributed by atoms with Crippen molar-refractivity contribution in [3.05, 3.63) is 0 Å². The van der Waals surface area contributed by atoms with Gasteiger partial charge in [0.05, 0.1) is 0 Å². The van der Waals surface area contributed by atoms with Gasteiger partial charge in [-0.25, -0.2) is 0 Å². The summed E-state index contributed by atoms with van der Waals surface area (Å²) in [6, 6.07) is 0. The van der Waals surface area contributed by atoms with Gasteiger partial charge in [0.1, 0.15) is 16.5 Å². The molecule has 0 amide bonds.